The summed E-state index contributed by atoms with van der Waals surface area (Å²) in [6.45, 7) is 0. The van der Waals surface area contributed by atoms with Crippen molar-refractivity contribution in [1.29, 1.82) is 0 Å². The molecular formula is C14H11ClN4. The van der Waals surface area contributed by atoms with E-state index >= 15 is 0 Å². The molecule has 94 valence electrons. The lowest BCUT2D eigenvalue weighted by atomic mass is 10.1. The van der Waals surface area contributed by atoms with Crippen molar-refractivity contribution in [3.05, 3.63) is 47.6 Å². The Morgan fingerprint density at radius 3 is 2.74 bits per heavy atom. The monoisotopic (exact) mass is 270 g/mol. The molecule has 1 saturated carbocycles. The first-order valence-electron chi connectivity index (χ1n) is 6.27. The van der Waals surface area contributed by atoms with E-state index in [2.05, 4.69) is 10.1 Å². The first-order valence-corrected chi connectivity index (χ1v) is 6.65. The van der Waals surface area contributed by atoms with E-state index in [0.29, 0.717) is 11.1 Å². The smallest absolute Gasteiger partial charge is 0.161 e. The molecule has 0 saturated heterocycles. The van der Waals surface area contributed by atoms with E-state index in [9.17, 15) is 0 Å². The molecule has 1 aliphatic rings. The molecule has 3 aromatic heterocycles. The quantitative estimate of drug-likeness (QED) is 0.717. The summed E-state index contributed by atoms with van der Waals surface area (Å²) in [4.78, 5) is 8.75. The van der Waals surface area contributed by atoms with Crippen LogP contribution in [0.15, 0.2) is 36.8 Å². The molecule has 1 aliphatic carbocycles. The number of pyridine rings is 1. The topological polar surface area (TPSA) is 43.1 Å². The first kappa shape index (κ1) is 10.9. The van der Waals surface area contributed by atoms with Crippen LogP contribution in [0.3, 0.4) is 0 Å². The summed E-state index contributed by atoms with van der Waals surface area (Å²) in [5, 5.41) is 4.77. The van der Waals surface area contributed by atoms with Crippen molar-refractivity contribution in [1.82, 2.24) is 19.6 Å². The molecule has 0 unspecified atom stereocenters. The van der Waals surface area contributed by atoms with Crippen LogP contribution in [0, 0.1) is 0 Å². The molecule has 3 aromatic rings. The zero-order valence-electron chi connectivity index (χ0n) is 10.1. The molecule has 4 nitrogen and oxygen atoms in total. The second-order valence-electron chi connectivity index (χ2n) is 4.82. The number of rotatable bonds is 2. The minimum atomic E-state index is 0.471. The van der Waals surface area contributed by atoms with Crippen LogP contribution in [0.4, 0.5) is 0 Å². The third-order valence-corrected chi connectivity index (χ3v) is 3.59. The van der Waals surface area contributed by atoms with Gasteiger partial charge in [0.1, 0.15) is 0 Å². The summed E-state index contributed by atoms with van der Waals surface area (Å²) in [5.74, 6) is 0.603. The molecule has 3 heterocycles. The summed E-state index contributed by atoms with van der Waals surface area (Å²) in [6, 6.07) is 5.77. The highest BCUT2D eigenvalue weighted by Gasteiger charge is 2.27. The third kappa shape index (κ3) is 1.88. The van der Waals surface area contributed by atoms with Crippen LogP contribution in [0.2, 0.25) is 5.15 Å². The number of imidazole rings is 1. The van der Waals surface area contributed by atoms with Gasteiger partial charge in [0.2, 0.25) is 0 Å². The summed E-state index contributed by atoms with van der Waals surface area (Å²) in [7, 11) is 0. The van der Waals surface area contributed by atoms with Crippen LogP contribution in [0.25, 0.3) is 16.8 Å². The Kier molecular flexibility index (Phi) is 2.32. The van der Waals surface area contributed by atoms with E-state index in [1.54, 1.807) is 16.9 Å². The second kappa shape index (κ2) is 4.03. The van der Waals surface area contributed by atoms with Gasteiger partial charge in [-0.25, -0.2) is 9.50 Å². The molecule has 0 N–H and O–H groups in total. The molecule has 0 aromatic carbocycles. The van der Waals surface area contributed by atoms with Crippen molar-refractivity contribution in [2.24, 2.45) is 0 Å². The summed E-state index contributed by atoms with van der Waals surface area (Å²) < 4.78 is 1.78. The zero-order chi connectivity index (χ0) is 12.8. The number of aromatic nitrogens is 4. The van der Waals surface area contributed by atoms with Crippen molar-refractivity contribution in [3.8, 4) is 11.1 Å². The fourth-order valence-corrected chi connectivity index (χ4v) is 2.47. The Morgan fingerprint density at radius 2 is 2.00 bits per heavy atom. The Balaban J connectivity index is 1.98. The molecule has 1 fully saturated rings. The van der Waals surface area contributed by atoms with Gasteiger partial charge in [0.05, 0.1) is 11.9 Å². The van der Waals surface area contributed by atoms with Gasteiger partial charge in [-0.05, 0) is 36.6 Å². The lowest BCUT2D eigenvalue weighted by molar-refractivity contribution is 0.932. The minimum absolute atomic E-state index is 0.471. The number of hydrogen-bond donors (Lipinski definition) is 0. The maximum absolute atomic E-state index is 6.10. The van der Waals surface area contributed by atoms with Crippen LogP contribution in [0.5, 0.6) is 0 Å². The maximum atomic E-state index is 6.10. The van der Waals surface area contributed by atoms with E-state index in [-0.39, 0.29) is 0 Å². The zero-order valence-corrected chi connectivity index (χ0v) is 10.9. The van der Waals surface area contributed by atoms with Gasteiger partial charge in [-0.2, -0.15) is 5.10 Å². The standard InChI is InChI=1S/C14H11ClN4/c15-13-7-11(9-3-5-16-6-4-9)14-17-12(10-1-2-10)8-19(14)18-13/h3-8,10H,1-2H2. The highest BCUT2D eigenvalue weighted by molar-refractivity contribution is 6.29. The van der Waals surface area contributed by atoms with E-state index in [1.807, 2.05) is 24.4 Å². The molecule has 5 heteroatoms. The Labute approximate surface area is 115 Å². The van der Waals surface area contributed by atoms with Gasteiger partial charge in [-0.3, -0.25) is 4.98 Å². The average molecular weight is 271 g/mol. The predicted octanol–water partition coefficient (Wildman–Crippen LogP) is 3.32. The van der Waals surface area contributed by atoms with Crippen LogP contribution >= 0.6 is 11.6 Å². The number of fused-ring (bicyclic) bond motifs is 1. The van der Waals surface area contributed by atoms with Gasteiger partial charge < -0.3 is 0 Å². The van der Waals surface area contributed by atoms with E-state index in [4.69, 9.17) is 16.6 Å². The molecule has 0 atom stereocenters. The normalized spacial score (nSPS) is 15.0. The van der Waals surface area contributed by atoms with E-state index < -0.39 is 0 Å². The lowest BCUT2D eigenvalue weighted by Gasteiger charge is -2.03. The van der Waals surface area contributed by atoms with Crippen molar-refractivity contribution in [3.63, 3.8) is 0 Å². The summed E-state index contributed by atoms with van der Waals surface area (Å²) in [6.07, 6.45) is 7.98. The highest BCUT2D eigenvalue weighted by Crippen LogP contribution is 2.40. The van der Waals surface area contributed by atoms with Crippen molar-refractivity contribution in [2.75, 3.05) is 0 Å². The highest BCUT2D eigenvalue weighted by atomic mass is 35.5. The second-order valence-corrected chi connectivity index (χ2v) is 5.21. The van der Waals surface area contributed by atoms with E-state index in [1.165, 1.54) is 12.8 Å². The van der Waals surface area contributed by atoms with Crippen LogP contribution in [-0.4, -0.2) is 19.6 Å². The molecule has 0 amide bonds. The first-order chi connectivity index (χ1) is 9.31. The fraction of sp³-hybridized carbons (Fsp3) is 0.214. The Hall–Kier alpha value is -1.94. The Morgan fingerprint density at radius 1 is 1.21 bits per heavy atom. The number of nitrogens with zero attached hydrogens (tertiary/aromatic N) is 4. The number of hydrogen-bond acceptors (Lipinski definition) is 3. The third-order valence-electron chi connectivity index (χ3n) is 3.40. The molecule has 0 radical (unpaired) electrons. The molecule has 0 bridgehead atoms. The summed E-state index contributed by atoms with van der Waals surface area (Å²) in [5.41, 5.74) is 4.02. The van der Waals surface area contributed by atoms with Gasteiger partial charge >= 0.3 is 0 Å². The van der Waals surface area contributed by atoms with Gasteiger partial charge in [-0.1, -0.05) is 11.6 Å². The van der Waals surface area contributed by atoms with Gasteiger partial charge in [0, 0.05) is 23.9 Å². The van der Waals surface area contributed by atoms with Crippen LogP contribution < -0.4 is 0 Å². The van der Waals surface area contributed by atoms with Crippen molar-refractivity contribution < 1.29 is 0 Å². The van der Waals surface area contributed by atoms with Crippen molar-refractivity contribution >= 4 is 17.2 Å². The largest absolute Gasteiger partial charge is 0.265 e. The predicted molar refractivity (Wildman–Crippen MR) is 73.2 cm³/mol. The molecule has 0 aliphatic heterocycles. The van der Waals surface area contributed by atoms with Crippen LogP contribution in [-0.2, 0) is 0 Å². The molecule has 4 rings (SSSR count). The van der Waals surface area contributed by atoms with Crippen LogP contribution in [0.1, 0.15) is 24.5 Å². The number of halogens is 1. The average Bonchev–Trinajstić information content (AvgIpc) is 3.19. The maximum Gasteiger partial charge on any atom is 0.161 e. The summed E-state index contributed by atoms with van der Waals surface area (Å²) >= 11 is 6.10. The molecular weight excluding hydrogens is 260 g/mol. The minimum Gasteiger partial charge on any atom is -0.265 e. The molecule has 19 heavy (non-hydrogen) atoms. The molecule has 0 spiro atoms. The van der Waals surface area contributed by atoms with Crippen molar-refractivity contribution in [2.45, 2.75) is 18.8 Å². The fourth-order valence-electron chi connectivity index (χ4n) is 2.28. The lowest BCUT2D eigenvalue weighted by Crippen LogP contribution is -1.93. The SMILES string of the molecule is Clc1cc(-c2ccncc2)c2nc(C3CC3)cn2n1. The van der Waals surface area contributed by atoms with Gasteiger partial charge in [0.25, 0.3) is 0 Å². The van der Waals surface area contributed by atoms with E-state index in [0.717, 1.165) is 22.5 Å². The van der Waals surface area contributed by atoms with Gasteiger partial charge in [0.15, 0.2) is 10.8 Å². The Bertz CT molecular complexity index is 747. The van der Waals surface area contributed by atoms with Gasteiger partial charge in [-0.15, -0.1) is 0 Å².